The number of hydrogen-bond acceptors (Lipinski definition) is 16. The van der Waals surface area contributed by atoms with Crippen LogP contribution in [0, 0.1) is 0 Å². The Hall–Kier alpha value is -4.04. The van der Waals surface area contributed by atoms with Gasteiger partial charge >= 0.3 is 0 Å². The molecule has 57 heavy (non-hydrogen) atoms. The number of phenols is 2. The monoisotopic (exact) mass is 796 g/mol. The Bertz CT molecular complexity index is 1960. The van der Waals surface area contributed by atoms with Crippen LogP contribution in [0.15, 0.2) is 18.2 Å². The van der Waals surface area contributed by atoms with Gasteiger partial charge in [-0.05, 0) is 25.8 Å². The average Bonchev–Trinajstić information content (AvgIpc) is 3.59. The number of ketones is 3. The first-order valence-corrected chi connectivity index (χ1v) is 19.3. The molecular formula is C40H48N2O15. The number of morpholine rings is 1. The molecule has 3 saturated heterocycles. The molecule has 0 aromatic heterocycles. The molecule has 6 aliphatic rings. The number of fused-ring (bicyclic) bond motifs is 6. The second-order valence-electron chi connectivity index (χ2n) is 15.6. The van der Waals surface area contributed by atoms with E-state index in [-0.39, 0.29) is 46.6 Å². The van der Waals surface area contributed by atoms with Gasteiger partial charge in [0.1, 0.15) is 42.2 Å². The summed E-state index contributed by atoms with van der Waals surface area (Å²) in [6.45, 7) is 1.72. The Morgan fingerprint density at radius 2 is 1.72 bits per heavy atom. The van der Waals surface area contributed by atoms with E-state index in [1.54, 1.807) is 0 Å². The van der Waals surface area contributed by atoms with Gasteiger partial charge in [0.2, 0.25) is 11.7 Å². The molecule has 8 rings (SSSR count). The molecule has 17 nitrogen and oxygen atoms in total. The van der Waals surface area contributed by atoms with Crippen LogP contribution in [-0.4, -0.2) is 133 Å². The highest BCUT2D eigenvalue weighted by molar-refractivity contribution is 6.31. The number of hydrogen-bond donors (Lipinski definition) is 4. The van der Waals surface area contributed by atoms with Gasteiger partial charge in [-0.1, -0.05) is 18.6 Å². The van der Waals surface area contributed by atoms with Gasteiger partial charge in [0, 0.05) is 68.5 Å². The number of carbonyl (C=O) groups excluding carboxylic acids is 4. The van der Waals surface area contributed by atoms with Gasteiger partial charge in [0.05, 0.1) is 42.6 Å². The highest BCUT2D eigenvalue weighted by Gasteiger charge is 2.55. The lowest BCUT2D eigenvalue weighted by atomic mass is 9.72. The molecule has 0 bridgehead atoms. The number of benzene rings is 2. The highest BCUT2D eigenvalue weighted by atomic mass is 16.7. The van der Waals surface area contributed by atoms with E-state index in [9.17, 15) is 34.5 Å². The molecule has 308 valence electrons. The van der Waals surface area contributed by atoms with Crippen molar-refractivity contribution in [1.29, 1.82) is 0 Å². The number of carbonyl (C=O) groups is 4. The zero-order valence-electron chi connectivity index (χ0n) is 32.0. The largest absolute Gasteiger partial charge is 0.507 e. The summed E-state index contributed by atoms with van der Waals surface area (Å²) in [6, 6.07) is 4.24. The number of rotatable bonds is 11. The van der Waals surface area contributed by atoms with Crippen LogP contribution in [-0.2, 0) is 49.2 Å². The van der Waals surface area contributed by atoms with E-state index in [2.05, 4.69) is 4.90 Å². The van der Waals surface area contributed by atoms with Crippen molar-refractivity contribution in [2.24, 2.45) is 5.73 Å². The molecule has 17 heteroatoms. The lowest BCUT2D eigenvalue weighted by molar-refractivity contribution is -0.258. The molecule has 4 fully saturated rings. The first-order valence-electron chi connectivity index (χ1n) is 19.3. The number of primary amides is 1. The maximum atomic E-state index is 14.2. The molecular weight excluding hydrogens is 748 g/mol. The van der Waals surface area contributed by atoms with Gasteiger partial charge in [0.25, 0.3) is 0 Å². The normalized spacial score (nSPS) is 31.8. The van der Waals surface area contributed by atoms with Gasteiger partial charge < -0.3 is 58.9 Å². The minimum absolute atomic E-state index is 0.0475. The van der Waals surface area contributed by atoms with Crippen molar-refractivity contribution in [3.63, 3.8) is 0 Å². The van der Waals surface area contributed by atoms with E-state index in [4.69, 9.17) is 43.6 Å². The Labute approximate surface area is 328 Å². The molecule has 3 aliphatic carbocycles. The Kier molecular flexibility index (Phi) is 10.7. The van der Waals surface area contributed by atoms with Crippen molar-refractivity contribution in [2.75, 3.05) is 40.6 Å². The van der Waals surface area contributed by atoms with Crippen molar-refractivity contribution in [3.8, 4) is 17.2 Å². The number of nitrogens with two attached hydrogens (primary N) is 1. The quantitative estimate of drug-likeness (QED) is 0.160. The lowest BCUT2D eigenvalue weighted by Gasteiger charge is -2.43. The van der Waals surface area contributed by atoms with Crippen LogP contribution in [0.1, 0.15) is 101 Å². The van der Waals surface area contributed by atoms with Gasteiger partial charge in [0.15, 0.2) is 36.2 Å². The molecule has 1 amide bonds. The number of ether oxygens (including phenoxy) is 8. The summed E-state index contributed by atoms with van der Waals surface area (Å²) in [5.74, 6) is -5.51. The number of phenolic OH excluding ortho intramolecular Hbond substituents is 2. The second-order valence-corrected chi connectivity index (χ2v) is 15.6. The maximum absolute atomic E-state index is 14.2. The van der Waals surface area contributed by atoms with E-state index < -0.39 is 114 Å². The minimum Gasteiger partial charge on any atom is -0.507 e. The molecule has 0 radical (unpaired) electrons. The highest BCUT2D eigenvalue weighted by Crippen LogP contribution is 2.53. The van der Waals surface area contributed by atoms with Crippen molar-refractivity contribution >= 4 is 23.3 Å². The molecule has 0 spiro atoms. The molecule has 2 unspecified atom stereocenters. The van der Waals surface area contributed by atoms with E-state index in [0.29, 0.717) is 38.8 Å². The van der Waals surface area contributed by atoms with Gasteiger partial charge in [-0.2, -0.15) is 0 Å². The van der Waals surface area contributed by atoms with Crippen LogP contribution in [0.5, 0.6) is 17.2 Å². The Morgan fingerprint density at radius 3 is 2.44 bits per heavy atom. The summed E-state index contributed by atoms with van der Waals surface area (Å²) in [4.78, 5) is 56.2. The zero-order chi connectivity index (χ0) is 40.4. The molecule has 2 aromatic rings. The van der Waals surface area contributed by atoms with E-state index >= 15 is 0 Å². The summed E-state index contributed by atoms with van der Waals surface area (Å²) >= 11 is 0. The minimum atomic E-state index is -2.28. The summed E-state index contributed by atoms with van der Waals surface area (Å²) in [5, 5.41) is 36.3. The fraction of sp³-hybridized carbons (Fsp3) is 0.600. The van der Waals surface area contributed by atoms with Crippen LogP contribution in [0.2, 0.25) is 0 Å². The van der Waals surface area contributed by atoms with Crippen molar-refractivity contribution < 1.29 is 72.4 Å². The third-order valence-corrected chi connectivity index (χ3v) is 12.3. The summed E-state index contributed by atoms with van der Waals surface area (Å²) in [7, 11) is 2.88. The van der Waals surface area contributed by atoms with Gasteiger partial charge in [-0.15, -0.1) is 0 Å². The third-order valence-electron chi connectivity index (χ3n) is 12.3. The van der Waals surface area contributed by atoms with E-state index in [1.165, 1.54) is 32.4 Å². The molecule has 8 atom stereocenters. The predicted molar refractivity (Wildman–Crippen MR) is 194 cm³/mol. The van der Waals surface area contributed by atoms with E-state index in [1.807, 2.05) is 6.92 Å². The van der Waals surface area contributed by atoms with Crippen LogP contribution < -0.4 is 10.5 Å². The number of aliphatic hydroxyl groups is 1. The SMILES string of the molecule is COc1cccc2c1C(=O)c1c(O)c3c(c(O)c1C2=O)C[C@@](O)(C(=O)COC1(OCC(N)=O)CCCCC1)C[C@@H]3O[C@H]1C[C@H]2[C@H](OC3C(OC)OCCN32)[C@H](C)O1. The van der Waals surface area contributed by atoms with Gasteiger partial charge in [-0.25, -0.2) is 0 Å². The molecule has 2 aromatic carbocycles. The summed E-state index contributed by atoms with van der Waals surface area (Å²) < 4.78 is 47.8. The number of aromatic hydroxyl groups is 2. The van der Waals surface area contributed by atoms with Crippen LogP contribution >= 0.6 is 0 Å². The molecule has 3 heterocycles. The number of methoxy groups -OCH3 is 2. The topological polar surface area (TPSA) is 232 Å². The first kappa shape index (κ1) is 39.8. The van der Waals surface area contributed by atoms with Crippen molar-refractivity contribution in [2.45, 2.75) is 113 Å². The smallest absolute Gasteiger partial charge is 0.243 e. The Balaban J connectivity index is 1.16. The fourth-order valence-corrected chi connectivity index (χ4v) is 9.50. The van der Waals surface area contributed by atoms with Gasteiger partial charge in [-0.3, -0.25) is 24.1 Å². The average molecular weight is 797 g/mol. The molecule has 3 aliphatic heterocycles. The number of nitrogens with zero attached hydrogens (tertiary/aromatic N) is 1. The van der Waals surface area contributed by atoms with Crippen LogP contribution in [0.3, 0.4) is 0 Å². The number of Topliss-reactive ketones (excluding diaryl/α,β-unsaturated/α-hetero) is 1. The van der Waals surface area contributed by atoms with Crippen LogP contribution in [0.25, 0.3) is 0 Å². The molecule has 5 N–H and O–H groups in total. The molecule has 1 saturated carbocycles. The second kappa shape index (κ2) is 15.3. The fourth-order valence-electron chi connectivity index (χ4n) is 9.50. The van der Waals surface area contributed by atoms with Crippen molar-refractivity contribution in [3.05, 3.63) is 51.6 Å². The lowest BCUT2D eigenvalue weighted by Crippen LogP contribution is -2.55. The maximum Gasteiger partial charge on any atom is 0.243 e. The standard InChI is InChI=1S/C40H48N2O15/c1-19-36-22(42-12-13-52-38(51-3)37(42)57-36)14-27(55-19)56-24-16-39(49,25(43)17-53-40(54-18-26(41)44)10-5-4-6-11-40)15-21-29(24)35(48)31-30(33(21)46)32(45)20-8-7-9-23(50-2)28(20)34(31)47/h7-9,19,22,24,27,36-38,46,48-49H,4-6,10-18H2,1-3H3,(H2,41,44)/t19-,22-,24-,27-,36+,37?,38?,39-/m0/s1. The van der Waals surface area contributed by atoms with Crippen LogP contribution in [0.4, 0.5) is 0 Å². The number of amides is 1. The zero-order valence-corrected chi connectivity index (χ0v) is 32.0. The van der Waals surface area contributed by atoms with E-state index in [0.717, 1.165) is 6.42 Å². The Morgan fingerprint density at radius 1 is 0.982 bits per heavy atom. The summed E-state index contributed by atoms with van der Waals surface area (Å²) in [6.07, 6.45) is -1.94. The third kappa shape index (κ3) is 6.81. The first-order chi connectivity index (χ1) is 27.3. The van der Waals surface area contributed by atoms with Crippen molar-refractivity contribution in [1.82, 2.24) is 4.90 Å². The predicted octanol–water partition coefficient (Wildman–Crippen LogP) is 1.90. The summed E-state index contributed by atoms with van der Waals surface area (Å²) in [5.41, 5.74) is 1.81.